The fraction of sp³-hybridized carbons (Fsp3) is 0.650. The Morgan fingerprint density at radius 2 is 2.00 bits per heavy atom. The van der Waals surface area contributed by atoms with Gasteiger partial charge >= 0.3 is 0 Å². The number of aryl methyl sites for hydroxylation is 2. The lowest BCUT2D eigenvalue weighted by Crippen LogP contribution is -2.50. The number of hydrogen-bond acceptors (Lipinski definition) is 5. The van der Waals surface area contributed by atoms with Gasteiger partial charge in [0.25, 0.3) is 0 Å². The van der Waals surface area contributed by atoms with Gasteiger partial charge in [-0.2, -0.15) is 0 Å². The molecular weight excluding hydrogens is 376 g/mol. The van der Waals surface area contributed by atoms with Gasteiger partial charge in [-0.3, -0.25) is 9.89 Å². The molecule has 0 bridgehead atoms. The molecule has 0 amide bonds. The zero-order valence-corrected chi connectivity index (χ0v) is 18.0. The van der Waals surface area contributed by atoms with Gasteiger partial charge in [-0.15, -0.1) is 0 Å². The van der Waals surface area contributed by atoms with E-state index in [4.69, 9.17) is 4.74 Å². The first kappa shape index (κ1) is 21.1. The number of rotatable bonds is 4. The third-order valence-electron chi connectivity index (χ3n) is 5.50. The summed E-state index contributed by atoms with van der Waals surface area (Å²) in [6.07, 6.45) is 0.0419. The maximum Gasteiger partial charge on any atom is 0.193 e. The number of hydrogen-bond donors (Lipinski definition) is 1. The molecule has 0 aliphatic carbocycles. The van der Waals surface area contributed by atoms with Crippen LogP contribution in [-0.2, 0) is 14.6 Å². The molecule has 28 heavy (non-hydrogen) atoms. The van der Waals surface area contributed by atoms with Crippen molar-refractivity contribution < 1.29 is 13.2 Å². The molecule has 0 spiro atoms. The minimum Gasteiger partial charge on any atom is -0.370 e. The molecule has 0 saturated carbocycles. The Morgan fingerprint density at radius 3 is 2.68 bits per heavy atom. The highest BCUT2D eigenvalue weighted by atomic mass is 32.2. The zero-order valence-electron chi connectivity index (χ0n) is 17.1. The number of morpholine rings is 1. The SMILES string of the molecule is CN=C(NCCN1CCS(=O)(=O)CC1)N1CCOC(c2ccc(C)cc2C)C1. The van der Waals surface area contributed by atoms with Gasteiger partial charge in [0.15, 0.2) is 15.8 Å². The van der Waals surface area contributed by atoms with Crippen molar-refractivity contribution in [2.75, 3.05) is 64.4 Å². The summed E-state index contributed by atoms with van der Waals surface area (Å²) in [7, 11) is -1.02. The molecule has 0 aromatic heterocycles. The molecule has 1 N–H and O–H groups in total. The Labute approximate surface area is 168 Å². The first-order valence-electron chi connectivity index (χ1n) is 9.95. The van der Waals surface area contributed by atoms with Crippen molar-refractivity contribution in [2.24, 2.45) is 4.99 Å². The highest BCUT2D eigenvalue weighted by Gasteiger charge is 2.26. The summed E-state index contributed by atoms with van der Waals surface area (Å²) in [6.45, 7) is 9.30. The lowest BCUT2D eigenvalue weighted by Gasteiger charge is -2.36. The fourth-order valence-electron chi connectivity index (χ4n) is 3.85. The van der Waals surface area contributed by atoms with Gasteiger partial charge in [0.05, 0.1) is 24.7 Å². The van der Waals surface area contributed by atoms with Crippen LogP contribution in [0.25, 0.3) is 0 Å². The lowest BCUT2D eigenvalue weighted by molar-refractivity contribution is -0.00833. The molecule has 0 radical (unpaired) electrons. The summed E-state index contributed by atoms with van der Waals surface area (Å²) in [6, 6.07) is 6.50. The third kappa shape index (κ3) is 5.46. The highest BCUT2D eigenvalue weighted by molar-refractivity contribution is 7.91. The normalized spacial score (nSPS) is 23.6. The van der Waals surface area contributed by atoms with Crippen molar-refractivity contribution in [3.63, 3.8) is 0 Å². The van der Waals surface area contributed by atoms with E-state index in [-0.39, 0.29) is 17.6 Å². The summed E-state index contributed by atoms with van der Waals surface area (Å²) < 4.78 is 29.1. The third-order valence-corrected chi connectivity index (χ3v) is 7.11. The number of aliphatic imine (C=N–C) groups is 1. The van der Waals surface area contributed by atoms with Crippen LogP contribution in [0.4, 0.5) is 0 Å². The van der Waals surface area contributed by atoms with Crippen LogP contribution in [0.2, 0.25) is 0 Å². The highest BCUT2D eigenvalue weighted by Crippen LogP contribution is 2.25. The van der Waals surface area contributed by atoms with Crippen LogP contribution >= 0.6 is 0 Å². The van der Waals surface area contributed by atoms with Crippen molar-refractivity contribution in [2.45, 2.75) is 20.0 Å². The Hall–Kier alpha value is -1.64. The van der Waals surface area contributed by atoms with E-state index in [0.29, 0.717) is 19.7 Å². The predicted molar refractivity (Wildman–Crippen MR) is 113 cm³/mol. The smallest absolute Gasteiger partial charge is 0.193 e. The van der Waals surface area contributed by atoms with E-state index in [1.165, 1.54) is 16.7 Å². The second-order valence-electron chi connectivity index (χ2n) is 7.63. The molecule has 1 atom stereocenters. The van der Waals surface area contributed by atoms with E-state index < -0.39 is 9.84 Å². The molecule has 1 aromatic rings. The Kier molecular flexibility index (Phi) is 6.95. The number of sulfone groups is 1. The Morgan fingerprint density at radius 1 is 1.25 bits per heavy atom. The van der Waals surface area contributed by atoms with Gasteiger partial charge in [-0.05, 0) is 25.0 Å². The Balaban J connectivity index is 1.52. The van der Waals surface area contributed by atoms with E-state index in [9.17, 15) is 8.42 Å². The summed E-state index contributed by atoms with van der Waals surface area (Å²) in [5.74, 6) is 1.41. The Bertz CT molecular complexity index is 796. The molecule has 2 saturated heterocycles. The average Bonchev–Trinajstić information content (AvgIpc) is 2.66. The van der Waals surface area contributed by atoms with Crippen molar-refractivity contribution in [1.29, 1.82) is 0 Å². The van der Waals surface area contributed by atoms with E-state index in [2.05, 4.69) is 52.2 Å². The number of ether oxygens (including phenoxy) is 1. The maximum absolute atomic E-state index is 11.5. The molecule has 2 heterocycles. The summed E-state index contributed by atoms with van der Waals surface area (Å²) >= 11 is 0. The molecule has 2 aliphatic rings. The lowest BCUT2D eigenvalue weighted by atomic mass is 10.00. The van der Waals surface area contributed by atoms with Gasteiger partial charge in [0.1, 0.15) is 6.10 Å². The first-order valence-corrected chi connectivity index (χ1v) is 11.8. The van der Waals surface area contributed by atoms with Gasteiger partial charge in [0, 0.05) is 39.8 Å². The van der Waals surface area contributed by atoms with Crippen LogP contribution < -0.4 is 5.32 Å². The van der Waals surface area contributed by atoms with E-state index in [0.717, 1.165) is 32.1 Å². The second kappa shape index (κ2) is 9.24. The van der Waals surface area contributed by atoms with Crippen LogP contribution in [-0.4, -0.2) is 88.6 Å². The molecule has 2 fully saturated rings. The summed E-state index contributed by atoms with van der Waals surface area (Å²) in [4.78, 5) is 8.88. The molecule has 8 heteroatoms. The number of nitrogens with zero attached hydrogens (tertiary/aromatic N) is 3. The zero-order chi connectivity index (χ0) is 20.1. The van der Waals surface area contributed by atoms with Gasteiger partial charge < -0.3 is 15.0 Å². The molecular formula is C20H32N4O3S. The van der Waals surface area contributed by atoms with Crippen LogP contribution in [0, 0.1) is 13.8 Å². The summed E-state index contributed by atoms with van der Waals surface area (Å²) in [5, 5.41) is 3.43. The van der Waals surface area contributed by atoms with Gasteiger partial charge in [-0.1, -0.05) is 23.8 Å². The molecule has 1 unspecified atom stereocenters. The van der Waals surface area contributed by atoms with E-state index in [1.807, 2.05) is 0 Å². The molecule has 1 aromatic carbocycles. The monoisotopic (exact) mass is 408 g/mol. The van der Waals surface area contributed by atoms with Crippen LogP contribution in [0.5, 0.6) is 0 Å². The number of guanidine groups is 1. The van der Waals surface area contributed by atoms with Crippen LogP contribution in [0.15, 0.2) is 23.2 Å². The van der Waals surface area contributed by atoms with Crippen LogP contribution in [0.3, 0.4) is 0 Å². The topological polar surface area (TPSA) is 74.2 Å². The van der Waals surface area contributed by atoms with Gasteiger partial charge in [0.2, 0.25) is 0 Å². The summed E-state index contributed by atoms with van der Waals surface area (Å²) in [5.41, 5.74) is 3.76. The van der Waals surface area contributed by atoms with Crippen molar-refractivity contribution in [3.8, 4) is 0 Å². The van der Waals surface area contributed by atoms with E-state index in [1.54, 1.807) is 7.05 Å². The van der Waals surface area contributed by atoms with Crippen molar-refractivity contribution in [3.05, 3.63) is 34.9 Å². The largest absolute Gasteiger partial charge is 0.370 e. The molecule has 7 nitrogen and oxygen atoms in total. The first-order chi connectivity index (χ1) is 13.4. The standard InChI is InChI=1S/C20H32N4O3S/c1-16-4-5-18(17(2)14-16)19-15-24(8-11-27-19)20(21-3)22-6-7-23-9-12-28(25,26)13-10-23/h4-5,14,19H,6-13,15H2,1-3H3,(H,21,22). The second-order valence-corrected chi connectivity index (χ2v) is 9.94. The minimum absolute atomic E-state index is 0.0419. The minimum atomic E-state index is -2.83. The van der Waals surface area contributed by atoms with E-state index >= 15 is 0 Å². The molecule has 156 valence electrons. The van der Waals surface area contributed by atoms with Gasteiger partial charge in [-0.25, -0.2) is 8.42 Å². The molecule has 3 rings (SSSR count). The predicted octanol–water partition coefficient (Wildman–Crippen LogP) is 0.983. The maximum atomic E-state index is 11.5. The average molecular weight is 409 g/mol. The molecule has 2 aliphatic heterocycles. The number of nitrogens with one attached hydrogen (secondary N) is 1. The number of benzene rings is 1. The fourth-order valence-corrected chi connectivity index (χ4v) is 5.13. The van der Waals surface area contributed by atoms with Crippen LogP contribution in [0.1, 0.15) is 22.8 Å². The quantitative estimate of drug-likeness (QED) is 0.591. The van der Waals surface area contributed by atoms with Crippen molar-refractivity contribution >= 4 is 15.8 Å². The van der Waals surface area contributed by atoms with Crippen molar-refractivity contribution in [1.82, 2.24) is 15.1 Å².